The average molecular weight is 394 g/mol. The van der Waals surface area contributed by atoms with Gasteiger partial charge in [-0.3, -0.25) is 14.9 Å². The number of piperidine rings is 1. The molecule has 2 aliphatic rings. The first-order valence-electron chi connectivity index (χ1n) is 11.5. The summed E-state index contributed by atoms with van der Waals surface area (Å²) in [6, 6.07) is 6.26. The lowest BCUT2D eigenvalue weighted by atomic mass is 9.69. The van der Waals surface area contributed by atoms with Crippen LogP contribution in [-0.4, -0.2) is 34.9 Å². The molecule has 4 heteroatoms. The molecule has 0 N–H and O–H groups in total. The van der Waals surface area contributed by atoms with Crippen LogP contribution in [0.5, 0.6) is 5.75 Å². The zero-order valence-corrected chi connectivity index (χ0v) is 18.3. The Morgan fingerprint density at radius 2 is 1.97 bits per heavy atom. The maximum atomic E-state index is 6.91. The molecule has 2 aliphatic heterocycles. The van der Waals surface area contributed by atoms with Gasteiger partial charge in [0.25, 0.3) is 0 Å². The number of aromatic nitrogens is 1. The van der Waals surface area contributed by atoms with Crippen LogP contribution in [0, 0.1) is 5.41 Å². The SMILES string of the molecule is CCCCCCCN1CCCC(C)(CC)C12C=Nc1c(ccc3ccncc13)O2. The van der Waals surface area contributed by atoms with Gasteiger partial charge in [0.1, 0.15) is 11.4 Å². The third kappa shape index (κ3) is 3.56. The molecule has 0 aliphatic carbocycles. The van der Waals surface area contributed by atoms with Crippen LogP contribution in [0.2, 0.25) is 0 Å². The van der Waals surface area contributed by atoms with Crippen molar-refractivity contribution in [1.82, 2.24) is 9.88 Å². The van der Waals surface area contributed by atoms with E-state index in [-0.39, 0.29) is 5.41 Å². The molecule has 0 saturated carbocycles. The van der Waals surface area contributed by atoms with Gasteiger partial charge in [-0.15, -0.1) is 0 Å². The molecule has 4 nitrogen and oxygen atoms in total. The monoisotopic (exact) mass is 393 g/mol. The molecular weight excluding hydrogens is 358 g/mol. The Kier molecular flexibility index (Phi) is 5.91. The molecule has 1 aromatic heterocycles. The molecule has 29 heavy (non-hydrogen) atoms. The van der Waals surface area contributed by atoms with Crippen molar-refractivity contribution in [3.05, 3.63) is 30.6 Å². The molecule has 1 fully saturated rings. The minimum Gasteiger partial charge on any atom is -0.464 e. The second kappa shape index (κ2) is 8.43. The van der Waals surface area contributed by atoms with E-state index in [0.29, 0.717) is 0 Å². The van der Waals surface area contributed by atoms with Crippen LogP contribution in [0.3, 0.4) is 0 Å². The third-order valence-electron chi connectivity index (χ3n) is 7.19. The zero-order chi connectivity index (χ0) is 20.3. The molecule has 1 saturated heterocycles. The topological polar surface area (TPSA) is 37.7 Å². The van der Waals surface area contributed by atoms with Crippen molar-refractivity contribution in [3.8, 4) is 5.75 Å². The molecule has 0 radical (unpaired) electrons. The largest absolute Gasteiger partial charge is 0.464 e. The van der Waals surface area contributed by atoms with Crippen LogP contribution < -0.4 is 4.74 Å². The van der Waals surface area contributed by atoms with E-state index >= 15 is 0 Å². The molecule has 2 atom stereocenters. The van der Waals surface area contributed by atoms with Crippen LogP contribution in [0.25, 0.3) is 10.8 Å². The number of benzene rings is 1. The summed E-state index contributed by atoms with van der Waals surface area (Å²) in [6.07, 6.45) is 15.8. The van der Waals surface area contributed by atoms with E-state index in [2.05, 4.69) is 49.0 Å². The van der Waals surface area contributed by atoms with Crippen molar-refractivity contribution in [2.24, 2.45) is 10.4 Å². The van der Waals surface area contributed by atoms with Gasteiger partial charge < -0.3 is 4.74 Å². The third-order valence-corrected chi connectivity index (χ3v) is 7.19. The molecule has 0 amide bonds. The lowest BCUT2D eigenvalue weighted by Gasteiger charge is -2.56. The Morgan fingerprint density at radius 3 is 2.79 bits per heavy atom. The van der Waals surface area contributed by atoms with E-state index < -0.39 is 5.72 Å². The van der Waals surface area contributed by atoms with Gasteiger partial charge in [-0.05, 0) is 43.2 Å². The van der Waals surface area contributed by atoms with Gasteiger partial charge in [0.2, 0.25) is 5.72 Å². The minimum atomic E-state index is -0.451. The Hall–Kier alpha value is -1.94. The molecule has 1 spiro atoms. The molecule has 2 unspecified atom stereocenters. The number of pyridine rings is 1. The maximum Gasteiger partial charge on any atom is 0.205 e. The first-order valence-corrected chi connectivity index (χ1v) is 11.5. The molecular formula is C25H35N3O. The summed E-state index contributed by atoms with van der Waals surface area (Å²) in [5, 5.41) is 2.22. The number of fused-ring (bicyclic) bond motifs is 3. The number of unbranched alkanes of at least 4 members (excludes halogenated alkanes) is 4. The molecule has 0 bridgehead atoms. The van der Waals surface area contributed by atoms with E-state index in [1.54, 1.807) is 0 Å². The number of hydrogen-bond acceptors (Lipinski definition) is 4. The normalized spacial score (nSPS) is 26.6. The summed E-state index contributed by atoms with van der Waals surface area (Å²) in [6.45, 7) is 9.12. The highest BCUT2D eigenvalue weighted by molar-refractivity contribution is 5.97. The summed E-state index contributed by atoms with van der Waals surface area (Å²) in [4.78, 5) is 11.9. The van der Waals surface area contributed by atoms with E-state index in [1.165, 1.54) is 44.9 Å². The fourth-order valence-electron chi connectivity index (χ4n) is 5.11. The second-order valence-corrected chi connectivity index (χ2v) is 8.98. The first-order chi connectivity index (χ1) is 14.1. The van der Waals surface area contributed by atoms with Crippen LogP contribution in [0.1, 0.15) is 72.1 Å². The molecule has 1 aromatic carbocycles. The summed E-state index contributed by atoms with van der Waals surface area (Å²) in [7, 11) is 0. The first kappa shape index (κ1) is 20.3. The Balaban J connectivity index is 1.66. The maximum absolute atomic E-state index is 6.91. The van der Waals surface area contributed by atoms with Crippen molar-refractivity contribution in [1.29, 1.82) is 0 Å². The van der Waals surface area contributed by atoms with Gasteiger partial charge in [0, 0.05) is 36.3 Å². The van der Waals surface area contributed by atoms with Crippen molar-refractivity contribution < 1.29 is 4.74 Å². The smallest absolute Gasteiger partial charge is 0.205 e. The summed E-state index contributed by atoms with van der Waals surface area (Å²) in [5.41, 5.74) is 0.529. The number of hydrogen-bond donors (Lipinski definition) is 0. The van der Waals surface area contributed by atoms with Crippen LogP contribution >= 0.6 is 0 Å². The van der Waals surface area contributed by atoms with E-state index in [4.69, 9.17) is 9.73 Å². The highest BCUT2D eigenvalue weighted by Gasteiger charge is 2.55. The minimum absolute atomic E-state index is 0.0553. The predicted molar refractivity (Wildman–Crippen MR) is 121 cm³/mol. The van der Waals surface area contributed by atoms with Gasteiger partial charge in [-0.1, -0.05) is 52.5 Å². The molecule has 3 heterocycles. The van der Waals surface area contributed by atoms with Gasteiger partial charge in [0.05, 0.1) is 6.21 Å². The predicted octanol–water partition coefficient (Wildman–Crippen LogP) is 6.51. The number of aliphatic imine (C=N–C) groups is 1. The van der Waals surface area contributed by atoms with E-state index in [9.17, 15) is 0 Å². The second-order valence-electron chi connectivity index (χ2n) is 8.98. The highest BCUT2D eigenvalue weighted by Crippen LogP contribution is 2.51. The highest BCUT2D eigenvalue weighted by atomic mass is 16.5. The van der Waals surface area contributed by atoms with Gasteiger partial charge in [0.15, 0.2) is 0 Å². The summed E-state index contributed by atoms with van der Waals surface area (Å²) >= 11 is 0. The fraction of sp³-hybridized carbons (Fsp3) is 0.600. The van der Waals surface area contributed by atoms with Gasteiger partial charge in [-0.2, -0.15) is 0 Å². The Labute approximate surface area is 175 Å². The number of ether oxygens (including phenoxy) is 1. The summed E-state index contributed by atoms with van der Waals surface area (Å²) < 4.78 is 6.91. The fourth-order valence-corrected chi connectivity index (χ4v) is 5.11. The Morgan fingerprint density at radius 1 is 1.10 bits per heavy atom. The van der Waals surface area contributed by atoms with Crippen molar-refractivity contribution >= 4 is 22.7 Å². The zero-order valence-electron chi connectivity index (χ0n) is 18.3. The van der Waals surface area contributed by atoms with Crippen molar-refractivity contribution in [2.45, 2.75) is 77.9 Å². The number of nitrogens with zero attached hydrogens (tertiary/aromatic N) is 3. The number of rotatable bonds is 7. The number of likely N-dealkylation sites (tertiary alicyclic amines) is 1. The average Bonchev–Trinajstić information content (AvgIpc) is 2.76. The molecule has 4 rings (SSSR count). The lowest BCUT2D eigenvalue weighted by Crippen LogP contribution is -2.67. The lowest BCUT2D eigenvalue weighted by molar-refractivity contribution is -0.144. The van der Waals surface area contributed by atoms with Crippen molar-refractivity contribution in [3.63, 3.8) is 0 Å². The summed E-state index contributed by atoms with van der Waals surface area (Å²) in [5.74, 6) is 0.894. The van der Waals surface area contributed by atoms with E-state index in [0.717, 1.165) is 41.7 Å². The molecule has 156 valence electrons. The standard InChI is InChI=1S/C25H35N3O/c1-4-6-7-8-9-16-28-17-10-14-24(3,5-2)25(28)19-27-23-21-18-26-15-13-20(21)11-12-22(23)29-25/h11-13,15,18-19H,4-10,14,16-17H2,1-3H3. The van der Waals surface area contributed by atoms with Crippen LogP contribution in [0.4, 0.5) is 5.69 Å². The van der Waals surface area contributed by atoms with Gasteiger partial charge >= 0.3 is 0 Å². The quantitative estimate of drug-likeness (QED) is 0.503. The van der Waals surface area contributed by atoms with Gasteiger partial charge in [-0.25, -0.2) is 0 Å². The van der Waals surface area contributed by atoms with E-state index in [1.807, 2.05) is 18.5 Å². The van der Waals surface area contributed by atoms with Crippen LogP contribution in [-0.2, 0) is 0 Å². The van der Waals surface area contributed by atoms with Crippen LogP contribution in [0.15, 0.2) is 35.6 Å². The van der Waals surface area contributed by atoms with Crippen molar-refractivity contribution in [2.75, 3.05) is 13.1 Å². The Bertz CT molecular complexity index is 879. The molecule has 2 aromatic rings.